The quantitative estimate of drug-likeness (QED) is 0.638. The lowest BCUT2D eigenvalue weighted by molar-refractivity contribution is -0.122. The van der Waals surface area contributed by atoms with Gasteiger partial charge in [0, 0.05) is 13.1 Å². The lowest BCUT2D eigenvalue weighted by Crippen LogP contribution is -2.45. The van der Waals surface area contributed by atoms with Crippen LogP contribution >= 0.6 is 0 Å². The van der Waals surface area contributed by atoms with Crippen molar-refractivity contribution in [3.63, 3.8) is 0 Å². The number of nitrogens with one attached hydrogen (secondary N) is 2. The molecule has 5 nitrogen and oxygen atoms in total. The van der Waals surface area contributed by atoms with E-state index in [1.807, 2.05) is 31.2 Å². The highest BCUT2D eigenvalue weighted by Crippen LogP contribution is 2.12. The Labute approximate surface area is 126 Å². The highest BCUT2D eigenvalue weighted by Gasteiger charge is 2.13. The molecule has 2 unspecified atom stereocenters. The standard InChI is InChI=1S/C16H26N2O3/c1-4-13-6-8-15(9-7-13)21-11-14(19)10-18-12(3)16(20)17-5-2/h6-9,12,14,18-19H,4-5,10-11H2,1-3H3,(H,17,20). The summed E-state index contributed by atoms with van der Waals surface area (Å²) in [6.45, 7) is 6.84. The first kappa shape index (κ1) is 17.5. The number of benzene rings is 1. The molecule has 0 saturated carbocycles. The molecule has 5 heteroatoms. The van der Waals surface area contributed by atoms with Crippen molar-refractivity contribution in [1.29, 1.82) is 0 Å². The molecule has 1 aromatic carbocycles. The molecule has 0 bridgehead atoms. The van der Waals surface area contributed by atoms with Crippen molar-refractivity contribution in [2.24, 2.45) is 0 Å². The third-order valence-electron chi connectivity index (χ3n) is 3.18. The Morgan fingerprint density at radius 1 is 1.29 bits per heavy atom. The minimum absolute atomic E-state index is 0.0687. The molecule has 1 amide bonds. The van der Waals surface area contributed by atoms with Crippen molar-refractivity contribution in [2.75, 3.05) is 19.7 Å². The first-order valence-electron chi connectivity index (χ1n) is 7.47. The van der Waals surface area contributed by atoms with Gasteiger partial charge >= 0.3 is 0 Å². The van der Waals surface area contributed by atoms with E-state index in [1.165, 1.54) is 5.56 Å². The Morgan fingerprint density at radius 3 is 2.52 bits per heavy atom. The summed E-state index contributed by atoms with van der Waals surface area (Å²) in [5.41, 5.74) is 1.25. The topological polar surface area (TPSA) is 70.6 Å². The lowest BCUT2D eigenvalue weighted by atomic mass is 10.2. The summed E-state index contributed by atoms with van der Waals surface area (Å²) >= 11 is 0. The van der Waals surface area contributed by atoms with Crippen molar-refractivity contribution >= 4 is 5.91 Å². The highest BCUT2D eigenvalue weighted by atomic mass is 16.5. The third kappa shape index (κ3) is 6.60. The summed E-state index contributed by atoms with van der Waals surface area (Å²) in [5, 5.41) is 15.6. The Bertz CT molecular complexity index is 420. The Morgan fingerprint density at radius 2 is 1.95 bits per heavy atom. The van der Waals surface area contributed by atoms with E-state index in [0.717, 1.165) is 12.2 Å². The Balaban J connectivity index is 2.26. The van der Waals surface area contributed by atoms with E-state index in [2.05, 4.69) is 17.6 Å². The molecule has 0 aromatic heterocycles. The van der Waals surface area contributed by atoms with Gasteiger partial charge in [-0.25, -0.2) is 0 Å². The Kier molecular flexibility index (Phi) is 7.79. The van der Waals surface area contributed by atoms with Gasteiger partial charge in [0.1, 0.15) is 18.5 Å². The fraction of sp³-hybridized carbons (Fsp3) is 0.562. The summed E-state index contributed by atoms with van der Waals surface area (Å²) in [7, 11) is 0. The molecule has 3 N–H and O–H groups in total. The van der Waals surface area contributed by atoms with Gasteiger partial charge < -0.3 is 20.5 Å². The molecule has 0 aliphatic heterocycles. The molecule has 118 valence electrons. The molecular formula is C16H26N2O3. The number of hydrogen-bond acceptors (Lipinski definition) is 4. The molecular weight excluding hydrogens is 268 g/mol. The largest absolute Gasteiger partial charge is 0.491 e. The average Bonchev–Trinajstić information content (AvgIpc) is 2.51. The first-order chi connectivity index (χ1) is 10.1. The lowest BCUT2D eigenvalue weighted by Gasteiger charge is -2.17. The SMILES string of the molecule is CCNC(=O)C(C)NCC(O)COc1ccc(CC)cc1. The predicted molar refractivity (Wildman–Crippen MR) is 83.5 cm³/mol. The van der Waals surface area contributed by atoms with Crippen molar-refractivity contribution < 1.29 is 14.6 Å². The van der Waals surface area contributed by atoms with Gasteiger partial charge in [-0.1, -0.05) is 19.1 Å². The van der Waals surface area contributed by atoms with Gasteiger partial charge in [-0.15, -0.1) is 0 Å². The van der Waals surface area contributed by atoms with Gasteiger partial charge in [-0.2, -0.15) is 0 Å². The van der Waals surface area contributed by atoms with E-state index in [1.54, 1.807) is 6.92 Å². The maximum Gasteiger partial charge on any atom is 0.236 e. The number of likely N-dealkylation sites (N-methyl/N-ethyl adjacent to an activating group) is 1. The number of rotatable bonds is 9. The molecule has 0 aliphatic carbocycles. The van der Waals surface area contributed by atoms with Gasteiger partial charge in [-0.05, 0) is 38.0 Å². The van der Waals surface area contributed by atoms with Gasteiger partial charge in [0.2, 0.25) is 5.91 Å². The second kappa shape index (κ2) is 9.37. The molecule has 21 heavy (non-hydrogen) atoms. The van der Waals surface area contributed by atoms with Crippen molar-refractivity contribution in [3.8, 4) is 5.75 Å². The molecule has 2 atom stereocenters. The summed E-state index contributed by atoms with van der Waals surface area (Å²) in [6.07, 6.45) is 0.331. The Hall–Kier alpha value is -1.59. The van der Waals surface area contributed by atoms with E-state index in [9.17, 15) is 9.90 Å². The van der Waals surface area contributed by atoms with Gasteiger partial charge in [0.25, 0.3) is 0 Å². The number of hydrogen-bond donors (Lipinski definition) is 3. The molecule has 0 saturated heterocycles. The number of carbonyl (C=O) groups is 1. The van der Waals surface area contributed by atoms with Crippen LogP contribution in [0.5, 0.6) is 5.75 Å². The van der Waals surface area contributed by atoms with Crippen LogP contribution in [0.3, 0.4) is 0 Å². The van der Waals surface area contributed by atoms with E-state index in [-0.39, 0.29) is 18.6 Å². The number of aryl methyl sites for hydroxylation is 1. The van der Waals surface area contributed by atoms with E-state index >= 15 is 0 Å². The second-order valence-corrected chi connectivity index (χ2v) is 4.99. The monoisotopic (exact) mass is 294 g/mol. The van der Waals surface area contributed by atoms with Crippen molar-refractivity contribution in [2.45, 2.75) is 39.3 Å². The van der Waals surface area contributed by atoms with Crippen LogP contribution in [0.2, 0.25) is 0 Å². The van der Waals surface area contributed by atoms with Crippen LogP contribution in [0.25, 0.3) is 0 Å². The molecule has 1 aromatic rings. The molecule has 1 rings (SSSR count). The van der Waals surface area contributed by atoms with E-state index in [0.29, 0.717) is 13.1 Å². The number of ether oxygens (including phenoxy) is 1. The molecule has 0 heterocycles. The van der Waals surface area contributed by atoms with Crippen LogP contribution in [0, 0.1) is 0 Å². The zero-order valence-electron chi connectivity index (χ0n) is 13.1. The minimum Gasteiger partial charge on any atom is -0.491 e. The molecule has 0 radical (unpaired) electrons. The van der Waals surface area contributed by atoms with Crippen LogP contribution in [0.1, 0.15) is 26.3 Å². The normalized spacial score (nSPS) is 13.5. The fourth-order valence-corrected chi connectivity index (χ4v) is 1.81. The zero-order valence-corrected chi connectivity index (χ0v) is 13.1. The third-order valence-corrected chi connectivity index (χ3v) is 3.18. The van der Waals surface area contributed by atoms with Gasteiger partial charge in [-0.3, -0.25) is 4.79 Å². The summed E-state index contributed by atoms with van der Waals surface area (Å²) in [5.74, 6) is 0.670. The van der Waals surface area contributed by atoms with Crippen LogP contribution in [-0.2, 0) is 11.2 Å². The average molecular weight is 294 g/mol. The van der Waals surface area contributed by atoms with E-state index in [4.69, 9.17) is 4.74 Å². The number of carbonyl (C=O) groups excluding carboxylic acids is 1. The van der Waals surface area contributed by atoms with Crippen LogP contribution in [-0.4, -0.2) is 42.9 Å². The molecule has 0 fully saturated rings. The highest BCUT2D eigenvalue weighted by molar-refractivity contribution is 5.81. The maximum atomic E-state index is 11.5. The summed E-state index contributed by atoms with van der Waals surface area (Å²) < 4.78 is 5.52. The fourth-order valence-electron chi connectivity index (χ4n) is 1.81. The van der Waals surface area contributed by atoms with Gasteiger partial charge in [0.05, 0.1) is 6.04 Å². The van der Waals surface area contributed by atoms with Crippen molar-refractivity contribution in [3.05, 3.63) is 29.8 Å². The predicted octanol–water partition coefficient (Wildman–Crippen LogP) is 1.10. The summed E-state index contributed by atoms with van der Waals surface area (Å²) in [4.78, 5) is 11.5. The van der Waals surface area contributed by atoms with Gasteiger partial charge in [0.15, 0.2) is 0 Å². The first-order valence-corrected chi connectivity index (χ1v) is 7.47. The van der Waals surface area contributed by atoms with Crippen LogP contribution in [0.4, 0.5) is 0 Å². The molecule has 0 aliphatic rings. The van der Waals surface area contributed by atoms with E-state index < -0.39 is 6.10 Å². The zero-order chi connectivity index (χ0) is 15.7. The summed E-state index contributed by atoms with van der Waals surface area (Å²) in [6, 6.07) is 7.49. The molecule has 0 spiro atoms. The second-order valence-electron chi connectivity index (χ2n) is 4.99. The van der Waals surface area contributed by atoms with Crippen molar-refractivity contribution in [1.82, 2.24) is 10.6 Å². The number of aliphatic hydroxyl groups excluding tert-OH is 1. The minimum atomic E-state index is -0.660. The van der Waals surface area contributed by atoms with Crippen LogP contribution in [0.15, 0.2) is 24.3 Å². The van der Waals surface area contributed by atoms with Crippen LogP contribution < -0.4 is 15.4 Å². The number of aliphatic hydroxyl groups is 1. The number of amides is 1. The smallest absolute Gasteiger partial charge is 0.236 e. The maximum absolute atomic E-state index is 11.5.